The van der Waals surface area contributed by atoms with E-state index < -0.39 is 0 Å². The van der Waals surface area contributed by atoms with Gasteiger partial charge in [0.15, 0.2) is 23.8 Å². The lowest BCUT2D eigenvalue weighted by molar-refractivity contribution is 0.838. The van der Waals surface area contributed by atoms with Gasteiger partial charge in [0.1, 0.15) is 0 Å². The summed E-state index contributed by atoms with van der Waals surface area (Å²) in [6.45, 7) is 2.21. The summed E-state index contributed by atoms with van der Waals surface area (Å²) >= 11 is 0. The van der Waals surface area contributed by atoms with Crippen LogP contribution in [0.1, 0.15) is 22.3 Å². The number of nitrogens with two attached hydrogens (primary N) is 4. The zero-order valence-electron chi connectivity index (χ0n) is 23.7. The fourth-order valence-corrected chi connectivity index (χ4v) is 4.68. The molecule has 0 aliphatic rings. The van der Waals surface area contributed by atoms with Gasteiger partial charge in [-0.25, -0.2) is 0 Å². The smallest absolute Gasteiger partial charge is 0.185 e. The third-order valence-electron chi connectivity index (χ3n) is 6.55. The monoisotopic (exact) mass is 570 g/mol. The number of hydrogen-bond acceptors (Lipinski definition) is 4. The molecule has 222 valence electrons. The minimum absolute atomic E-state index is 0.0551. The van der Waals surface area contributed by atoms with Crippen LogP contribution in [0, 0.1) is 21.6 Å². The molecule has 0 aliphatic carbocycles. The van der Waals surface area contributed by atoms with E-state index in [-0.39, 0.29) is 23.8 Å². The van der Waals surface area contributed by atoms with Gasteiger partial charge in [-0.05, 0) is 76.3 Å². The van der Waals surface area contributed by atoms with Gasteiger partial charge in [-0.1, -0.05) is 54.6 Å². The van der Waals surface area contributed by atoms with E-state index in [0.717, 1.165) is 44.5 Å². The van der Waals surface area contributed by atoms with Crippen molar-refractivity contribution in [1.29, 1.82) is 21.6 Å². The quantitative estimate of drug-likeness (QED) is 0.0986. The van der Waals surface area contributed by atoms with Crippen molar-refractivity contribution < 1.29 is 0 Å². The fraction of sp³-hybridized carbons (Fsp3) is 0.267. The van der Waals surface area contributed by atoms with Gasteiger partial charge in [-0.3, -0.25) is 21.6 Å². The lowest BCUT2D eigenvalue weighted by Crippen LogP contribution is -2.32. The molecular weight excluding hydrogens is 528 g/mol. The van der Waals surface area contributed by atoms with Gasteiger partial charge in [0.25, 0.3) is 0 Å². The zero-order valence-corrected chi connectivity index (χ0v) is 23.7. The minimum atomic E-state index is -0.0551. The molecule has 42 heavy (non-hydrogen) atoms. The summed E-state index contributed by atoms with van der Waals surface area (Å²) in [6, 6.07) is 21.3. The first-order valence-corrected chi connectivity index (χ1v) is 13.8. The predicted molar refractivity (Wildman–Crippen MR) is 172 cm³/mol. The van der Waals surface area contributed by atoms with E-state index in [1.807, 2.05) is 6.07 Å². The Balaban J connectivity index is 1.94. The third kappa shape index (κ3) is 10.7. The molecule has 16 N–H and O–H groups in total. The van der Waals surface area contributed by atoms with Crippen molar-refractivity contribution in [3.05, 3.63) is 82.9 Å². The highest BCUT2D eigenvalue weighted by atomic mass is 15.0. The summed E-state index contributed by atoms with van der Waals surface area (Å²) in [4.78, 5) is 0. The maximum Gasteiger partial charge on any atom is 0.185 e. The maximum atomic E-state index is 7.45. The molecule has 0 unspecified atom stereocenters. The molecule has 0 spiro atoms. The first-order valence-electron chi connectivity index (χ1n) is 13.8. The second-order valence-electron chi connectivity index (χ2n) is 10.0. The number of guanidine groups is 4. The Morgan fingerprint density at radius 3 is 0.976 bits per heavy atom. The minimum Gasteiger partial charge on any atom is -0.370 e. The zero-order chi connectivity index (χ0) is 30.5. The van der Waals surface area contributed by atoms with Crippen LogP contribution in [0.5, 0.6) is 0 Å². The van der Waals surface area contributed by atoms with Gasteiger partial charge in [0, 0.05) is 26.2 Å². The van der Waals surface area contributed by atoms with Crippen molar-refractivity contribution in [2.45, 2.75) is 25.7 Å². The Bertz CT molecular complexity index is 1240. The molecule has 0 saturated heterocycles. The molecule has 3 aromatic carbocycles. The molecule has 0 heterocycles. The number of nitrogens with one attached hydrogen (secondary N) is 8. The normalized spacial score (nSPS) is 10.5. The van der Waals surface area contributed by atoms with E-state index in [4.69, 9.17) is 44.6 Å². The van der Waals surface area contributed by atoms with Crippen LogP contribution in [0.25, 0.3) is 22.3 Å². The van der Waals surface area contributed by atoms with Crippen LogP contribution in [0.2, 0.25) is 0 Å². The van der Waals surface area contributed by atoms with Crippen LogP contribution in [-0.2, 0) is 25.7 Å². The first-order chi connectivity index (χ1) is 20.1. The summed E-state index contributed by atoms with van der Waals surface area (Å²) in [5, 5.41) is 41.3. The van der Waals surface area contributed by atoms with Crippen molar-refractivity contribution in [1.82, 2.24) is 21.3 Å². The molecule has 0 amide bonds. The Morgan fingerprint density at radius 1 is 0.429 bits per heavy atom. The van der Waals surface area contributed by atoms with E-state index in [1.54, 1.807) is 0 Å². The Morgan fingerprint density at radius 2 is 0.714 bits per heavy atom. The molecule has 0 saturated carbocycles. The van der Waals surface area contributed by atoms with Crippen molar-refractivity contribution >= 4 is 23.8 Å². The molecule has 0 atom stereocenters. The van der Waals surface area contributed by atoms with Crippen LogP contribution in [0.3, 0.4) is 0 Å². The van der Waals surface area contributed by atoms with E-state index >= 15 is 0 Å². The highest BCUT2D eigenvalue weighted by molar-refractivity contribution is 5.76. The van der Waals surface area contributed by atoms with Gasteiger partial charge in [-0.2, -0.15) is 0 Å². The molecule has 12 nitrogen and oxygen atoms in total. The Hall–Kier alpha value is -5.26. The molecule has 0 fully saturated rings. The second kappa shape index (κ2) is 15.5. The van der Waals surface area contributed by atoms with Crippen molar-refractivity contribution in [2.24, 2.45) is 22.9 Å². The lowest BCUT2D eigenvalue weighted by Gasteiger charge is -2.14. The molecular formula is C30H42N12. The van der Waals surface area contributed by atoms with Crippen LogP contribution < -0.4 is 44.2 Å². The lowest BCUT2D eigenvalue weighted by atomic mass is 9.93. The molecule has 3 rings (SSSR count). The van der Waals surface area contributed by atoms with Crippen molar-refractivity contribution in [3.63, 3.8) is 0 Å². The average Bonchev–Trinajstić information content (AvgIpc) is 2.92. The van der Waals surface area contributed by atoms with Gasteiger partial charge in [0.05, 0.1) is 0 Å². The van der Waals surface area contributed by atoms with Crippen LogP contribution in [0.15, 0.2) is 60.7 Å². The van der Waals surface area contributed by atoms with Crippen LogP contribution in [-0.4, -0.2) is 50.0 Å². The fourth-order valence-electron chi connectivity index (χ4n) is 4.68. The van der Waals surface area contributed by atoms with Crippen molar-refractivity contribution in [2.75, 3.05) is 26.2 Å². The van der Waals surface area contributed by atoms with E-state index in [0.29, 0.717) is 51.9 Å². The average molecular weight is 571 g/mol. The molecule has 12 heteroatoms. The Kier molecular flexibility index (Phi) is 11.5. The number of rotatable bonds is 14. The third-order valence-corrected chi connectivity index (χ3v) is 6.55. The summed E-state index contributed by atoms with van der Waals surface area (Å²) in [5.74, 6) is -0.220. The van der Waals surface area contributed by atoms with Gasteiger partial charge >= 0.3 is 0 Å². The topological polar surface area (TPSA) is 248 Å². The first kappa shape index (κ1) is 31.3. The van der Waals surface area contributed by atoms with E-state index in [2.05, 4.69) is 75.9 Å². The molecule has 3 aromatic rings. The van der Waals surface area contributed by atoms with Gasteiger partial charge in [-0.15, -0.1) is 0 Å². The summed E-state index contributed by atoms with van der Waals surface area (Å²) in [6.07, 6.45) is 2.81. The number of hydrogen-bond donors (Lipinski definition) is 12. The van der Waals surface area contributed by atoms with Gasteiger partial charge in [0.2, 0.25) is 0 Å². The summed E-state index contributed by atoms with van der Waals surface area (Å²) < 4.78 is 0. The Labute approximate surface area is 246 Å². The molecule has 0 bridgehead atoms. The highest BCUT2D eigenvalue weighted by Crippen LogP contribution is 2.30. The SMILES string of the molecule is N=C(N)NCCc1cc(CCNC(=N)N)cc(-c2cccc(-c3cc(CCNC(=N)N)cc(CCNC(=N)N)c3)c2)c1. The number of benzene rings is 3. The van der Waals surface area contributed by atoms with E-state index in [1.165, 1.54) is 0 Å². The standard InChI is InChI=1S/C30H42N12/c31-27(32)39-8-4-19-12-20(5-9-40-28(33)34)15-25(14-19)23-2-1-3-24(18-23)26-16-21(6-10-41-29(35)36)13-22(17-26)7-11-42-30(37)38/h1-3,12-18H,4-11H2,(H4,31,32,39)(H4,33,34,40)(H4,35,36,41)(H4,37,38,42). The van der Waals surface area contributed by atoms with E-state index in [9.17, 15) is 0 Å². The second-order valence-corrected chi connectivity index (χ2v) is 10.0. The van der Waals surface area contributed by atoms with Gasteiger partial charge < -0.3 is 44.2 Å². The van der Waals surface area contributed by atoms with Crippen LogP contribution >= 0.6 is 0 Å². The predicted octanol–water partition coefficient (Wildman–Crippen LogP) is 1.12. The summed E-state index contributed by atoms with van der Waals surface area (Å²) in [5.41, 5.74) is 30.6. The van der Waals surface area contributed by atoms with Crippen molar-refractivity contribution in [3.8, 4) is 22.3 Å². The highest BCUT2D eigenvalue weighted by Gasteiger charge is 2.09. The maximum absolute atomic E-state index is 7.45. The molecule has 0 aliphatic heterocycles. The molecule has 0 aromatic heterocycles. The summed E-state index contributed by atoms with van der Waals surface area (Å²) in [7, 11) is 0. The molecule has 0 radical (unpaired) electrons. The van der Waals surface area contributed by atoms with Crippen LogP contribution in [0.4, 0.5) is 0 Å². The largest absolute Gasteiger partial charge is 0.370 e.